The molecule has 1 aliphatic heterocycles. The van der Waals surface area contributed by atoms with E-state index >= 15 is 0 Å². The molecule has 2 aliphatic carbocycles. The molecule has 4 rings (SSSR count). The molecule has 11 heteroatoms. The molecule has 1 aromatic heterocycles. The van der Waals surface area contributed by atoms with Gasteiger partial charge in [-0.3, -0.25) is 9.89 Å². The maximum Gasteiger partial charge on any atom is 0.407 e. The van der Waals surface area contributed by atoms with E-state index in [0.717, 1.165) is 31.4 Å². The van der Waals surface area contributed by atoms with Crippen molar-refractivity contribution in [3.63, 3.8) is 0 Å². The molecule has 3 fully saturated rings. The summed E-state index contributed by atoms with van der Waals surface area (Å²) in [6, 6.07) is 1.85. The predicted octanol–water partition coefficient (Wildman–Crippen LogP) is 2.18. The van der Waals surface area contributed by atoms with Gasteiger partial charge >= 0.3 is 6.09 Å². The van der Waals surface area contributed by atoms with Crippen LogP contribution in [0.2, 0.25) is 0 Å². The number of carbonyl (C=O) groups is 2. The summed E-state index contributed by atoms with van der Waals surface area (Å²) in [5, 5.41) is 12.5. The Morgan fingerprint density at radius 1 is 1.22 bits per heavy atom. The number of sulfonamides is 1. The zero-order valence-electron chi connectivity index (χ0n) is 18.8. The Hall–Kier alpha value is -2.14. The lowest BCUT2D eigenvalue weighted by atomic mass is 9.97. The average Bonchev–Trinajstić information content (AvgIpc) is 3.11. The Kier molecular flexibility index (Phi) is 6.49. The largest absolute Gasteiger partial charge is 0.446 e. The first-order valence-corrected chi connectivity index (χ1v) is 13.0. The van der Waals surface area contributed by atoms with Crippen LogP contribution in [-0.2, 0) is 19.6 Å². The van der Waals surface area contributed by atoms with Gasteiger partial charge in [-0.05, 0) is 51.9 Å². The first-order chi connectivity index (χ1) is 15.1. The van der Waals surface area contributed by atoms with Crippen molar-refractivity contribution in [1.29, 1.82) is 0 Å². The Labute approximate surface area is 188 Å². The molecule has 32 heavy (non-hydrogen) atoms. The Morgan fingerprint density at radius 3 is 2.66 bits per heavy atom. The average molecular weight is 468 g/mol. The highest BCUT2D eigenvalue weighted by atomic mass is 32.2. The van der Waals surface area contributed by atoms with Crippen LogP contribution in [0.5, 0.6) is 0 Å². The van der Waals surface area contributed by atoms with Crippen molar-refractivity contribution in [1.82, 2.24) is 19.8 Å². The van der Waals surface area contributed by atoms with Crippen molar-refractivity contribution in [2.45, 2.75) is 76.2 Å². The monoisotopic (exact) mass is 467 g/mol. The number of alkyl carbamates (subject to hydrolysis) is 1. The highest BCUT2D eigenvalue weighted by Gasteiger charge is 2.46. The lowest BCUT2D eigenvalue weighted by Crippen LogP contribution is -2.33. The number of rotatable bonds is 7. The van der Waals surface area contributed by atoms with E-state index in [1.807, 2.05) is 26.8 Å². The number of aromatic nitrogens is 2. The van der Waals surface area contributed by atoms with Crippen LogP contribution in [0.25, 0.3) is 0 Å². The number of anilines is 1. The maximum atomic E-state index is 12.8. The van der Waals surface area contributed by atoms with Crippen molar-refractivity contribution in [3.8, 4) is 0 Å². The van der Waals surface area contributed by atoms with E-state index in [1.54, 1.807) is 0 Å². The third-order valence-corrected chi connectivity index (χ3v) is 8.91. The molecular weight excluding hydrogens is 434 g/mol. The molecule has 0 aromatic carbocycles. The van der Waals surface area contributed by atoms with Gasteiger partial charge in [0.05, 0.1) is 11.2 Å². The number of nitrogens with one attached hydrogen (secondary N) is 3. The number of hydrogen-bond acceptors (Lipinski definition) is 6. The topological polar surface area (TPSA) is 133 Å². The van der Waals surface area contributed by atoms with Crippen LogP contribution >= 0.6 is 0 Å². The number of H-pyrrole nitrogens is 1. The van der Waals surface area contributed by atoms with E-state index in [9.17, 15) is 18.0 Å². The minimum absolute atomic E-state index is 0.0296. The van der Waals surface area contributed by atoms with Crippen LogP contribution in [0.3, 0.4) is 0 Å². The SMILES string of the molecule is CC(C)NC(=O)O[C@@H]1CC[C@H](c2cc(NC(=O)C3CN(S(=O)(=O)C4CC4)C[C@@H]3C)n[nH]2)C1. The number of aromatic amines is 1. The zero-order valence-corrected chi connectivity index (χ0v) is 19.7. The van der Waals surface area contributed by atoms with E-state index in [1.165, 1.54) is 4.31 Å². The predicted molar refractivity (Wildman–Crippen MR) is 119 cm³/mol. The molecule has 0 radical (unpaired) electrons. The molecule has 3 N–H and O–H groups in total. The first-order valence-electron chi connectivity index (χ1n) is 11.5. The van der Waals surface area contributed by atoms with E-state index in [0.29, 0.717) is 18.8 Å². The maximum absolute atomic E-state index is 12.8. The summed E-state index contributed by atoms with van der Waals surface area (Å²) >= 11 is 0. The second-order valence-corrected chi connectivity index (χ2v) is 11.9. The quantitative estimate of drug-likeness (QED) is 0.563. The van der Waals surface area contributed by atoms with Crippen LogP contribution in [-0.4, -0.2) is 65.4 Å². The van der Waals surface area contributed by atoms with Crippen LogP contribution < -0.4 is 10.6 Å². The Bertz CT molecular complexity index is 958. The molecule has 178 valence electrons. The lowest BCUT2D eigenvalue weighted by Gasteiger charge is -2.15. The van der Waals surface area contributed by atoms with Crippen molar-refractivity contribution in [2.75, 3.05) is 18.4 Å². The summed E-state index contributed by atoms with van der Waals surface area (Å²) in [6.07, 6.45) is 3.25. The van der Waals surface area contributed by atoms with Gasteiger partial charge in [0.15, 0.2) is 5.82 Å². The fourth-order valence-corrected chi connectivity index (χ4v) is 6.59. The van der Waals surface area contributed by atoms with Gasteiger partial charge in [-0.25, -0.2) is 17.5 Å². The van der Waals surface area contributed by atoms with Gasteiger partial charge in [0, 0.05) is 36.8 Å². The summed E-state index contributed by atoms with van der Waals surface area (Å²) in [4.78, 5) is 24.6. The number of amides is 2. The standard InChI is InChI=1S/C21H33N5O5S/c1-12(2)22-21(28)31-15-5-4-14(8-15)18-9-19(25-24-18)23-20(27)17-11-26(10-13(17)3)32(29,30)16-6-7-16/h9,12-17H,4-8,10-11H2,1-3H3,(H,22,28)(H2,23,24,25,27)/t13-,14-,15+,17?/m0/s1. The van der Waals surface area contributed by atoms with Crippen LogP contribution in [0.1, 0.15) is 64.5 Å². The second-order valence-electron chi connectivity index (χ2n) is 9.68. The third kappa shape index (κ3) is 5.09. The van der Waals surface area contributed by atoms with Gasteiger partial charge in [-0.15, -0.1) is 0 Å². The number of ether oxygens (including phenoxy) is 1. The van der Waals surface area contributed by atoms with Gasteiger partial charge < -0.3 is 15.4 Å². The minimum Gasteiger partial charge on any atom is -0.446 e. The molecule has 1 unspecified atom stereocenters. The van der Waals surface area contributed by atoms with Crippen LogP contribution in [0, 0.1) is 11.8 Å². The summed E-state index contributed by atoms with van der Waals surface area (Å²) in [5.41, 5.74) is 0.896. The van der Waals surface area contributed by atoms with Gasteiger partial charge in [0.2, 0.25) is 15.9 Å². The van der Waals surface area contributed by atoms with Gasteiger partial charge in [0.25, 0.3) is 0 Å². The molecule has 1 saturated heterocycles. The van der Waals surface area contributed by atoms with Crippen molar-refractivity contribution in [3.05, 3.63) is 11.8 Å². The van der Waals surface area contributed by atoms with Crippen molar-refractivity contribution >= 4 is 27.8 Å². The smallest absolute Gasteiger partial charge is 0.407 e. The van der Waals surface area contributed by atoms with Gasteiger partial charge in [0.1, 0.15) is 6.10 Å². The molecule has 0 bridgehead atoms. The summed E-state index contributed by atoms with van der Waals surface area (Å²) in [5.74, 6) is -0.0432. The highest BCUT2D eigenvalue weighted by Crippen LogP contribution is 2.37. The van der Waals surface area contributed by atoms with E-state index < -0.39 is 22.0 Å². The third-order valence-electron chi connectivity index (χ3n) is 6.57. The molecule has 2 heterocycles. The molecule has 1 aromatic rings. The van der Waals surface area contributed by atoms with Gasteiger partial charge in [-0.2, -0.15) is 5.10 Å². The molecular formula is C21H33N5O5S. The number of hydrogen-bond donors (Lipinski definition) is 3. The fourth-order valence-electron chi connectivity index (χ4n) is 4.63. The Morgan fingerprint density at radius 2 is 1.97 bits per heavy atom. The fraction of sp³-hybridized carbons (Fsp3) is 0.762. The molecule has 0 spiro atoms. The molecule has 3 aliphatic rings. The second kappa shape index (κ2) is 9.01. The summed E-state index contributed by atoms with van der Waals surface area (Å²) < 4.78 is 32.0. The van der Waals surface area contributed by atoms with E-state index in [2.05, 4.69) is 20.8 Å². The lowest BCUT2D eigenvalue weighted by molar-refractivity contribution is -0.120. The van der Waals surface area contributed by atoms with E-state index in [4.69, 9.17) is 4.74 Å². The highest BCUT2D eigenvalue weighted by molar-refractivity contribution is 7.90. The van der Waals surface area contributed by atoms with E-state index in [-0.39, 0.29) is 41.7 Å². The van der Waals surface area contributed by atoms with Crippen molar-refractivity contribution in [2.24, 2.45) is 11.8 Å². The molecule has 2 amide bonds. The van der Waals surface area contributed by atoms with Gasteiger partial charge in [-0.1, -0.05) is 6.92 Å². The molecule has 10 nitrogen and oxygen atoms in total. The normalized spacial score (nSPS) is 28.8. The number of carbonyl (C=O) groups excluding carboxylic acids is 2. The first kappa shape index (κ1) is 23.0. The molecule has 2 saturated carbocycles. The summed E-state index contributed by atoms with van der Waals surface area (Å²) in [7, 11) is -3.27. The number of nitrogens with zero attached hydrogens (tertiary/aromatic N) is 2. The minimum atomic E-state index is -3.27. The Balaban J connectivity index is 1.30. The van der Waals surface area contributed by atoms with Crippen molar-refractivity contribution < 1.29 is 22.7 Å². The van der Waals surface area contributed by atoms with Crippen LogP contribution in [0.4, 0.5) is 10.6 Å². The summed E-state index contributed by atoms with van der Waals surface area (Å²) in [6.45, 7) is 6.29. The molecule has 4 atom stereocenters. The van der Waals surface area contributed by atoms with Crippen LogP contribution in [0.15, 0.2) is 6.07 Å². The zero-order chi connectivity index (χ0) is 23.0.